The number of carbonyl (C=O) groups is 4. The van der Waals surface area contributed by atoms with Crippen molar-refractivity contribution in [3.8, 4) is 0 Å². The number of rotatable bonds is 71. The van der Waals surface area contributed by atoms with E-state index >= 15 is 0 Å². The van der Waals surface area contributed by atoms with Gasteiger partial charge in [0.05, 0.1) is 26.4 Å². The molecule has 19 heteroatoms. The Balaban J connectivity index is 5.25. The maximum Gasteiger partial charge on any atom is 0.472 e. The molecule has 91 heavy (non-hydrogen) atoms. The molecule has 0 fully saturated rings. The van der Waals surface area contributed by atoms with Crippen LogP contribution in [0.2, 0.25) is 0 Å². The van der Waals surface area contributed by atoms with Gasteiger partial charge in [-0.2, -0.15) is 0 Å². The fourth-order valence-electron chi connectivity index (χ4n) is 10.9. The average molecular weight is 1340 g/mol. The zero-order valence-electron chi connectivity index (χ0n) is 59.1. The Hall–Kier alpha value is -1.94. The van der Waals surface area contributed by atoms with Gasteiger partial charge in [0.25, 0.3) is 0 Å². The smallest absolute Gasteiger partial charge is 0.462 e. The maximum atomic E-state index is 13.0. The minimum atomic E-state index is -4.95. The van der Waals surface area contributed by atoms with Crippen molar-refractivity contribution in [2.75, 3.05) is 39.6 Å². The first kappa shape index (κ1) is 89.1. The molecule has 0 bridgehead atoms. The van der Waals surface area contributed by atoms with Crippen LogP contribution < -0.4 is 0 Å². The Kier molecular flexibility index (Phi) is 62.7. The van der Waals surface area contributed by atoms with Crippen molar-refractivity contribution in [1.82, 2.24) is 0 Å². The summed E-state index contributed by atoms with van der Waals surface area (Å²) in [6.45, 7) is 9.57. The molecule has 0 aromatic rings. The molecule has 0 rings (SSSR count). The molecule has 0 aliphatic carbocycles. The predicted octanol–water partition coefficient (Wildman–Crippen LogP) is 20.8. The highest BCUT2D eigenvalue weighted by Crippen LogP contribution is 2.45. The molecule has 17 nitrogen and oxygen atoms in total. The second-order valence-corrected chi connectivity index (χ2v) is 29.8. The third-order valence-corrected chi connectivity index (χ3v) is 18.6. The molecule has 0 aromatic heterocycles. The van der Waals surface area contributed by atoms with Gasteiger partial charge in [0.15, 0.2) is 12.2 Å². The summed E-state index contributed by atoms with van der Waals surface area (Å²) in [5, 5.41) is 10.6. The van der Waals surface area contributed by atoms with E-state index in [0.717, 1.165) is 102 Å². The van der Waals surface area contributed by atoms with Crippen molar-refractivity contribution in [3.05, 3.63) is 0 Å². The highest BCUT2D eigenvalue weighted by Gasteiger charge is 2.30. The standard InChI is InChI=1S/C72H140O17P2/c1-7-9-11-13-15-17-19-20-24-32-38-44-50-56-71(76)88-67(60-82-69(74)54-48-42-36-30-18-16-14-12-10-8-2)62-86-90(78,79)84-58-66(73)59-85-91(80,81)87-63-68(61-83-70(75)55-49-43-37-31-27-26-29-35-41-47-53-65(5)6)89-72(77)57-51-45-39-33-25-22-21-23-28-34-40-46-52-64(3)4/h64-68,73H,7-63H2,1-6H3,(H,78,79)(H,80,81)/t66-,67+,68+/m0/s1. The van der Waals surface area contributed by atoms with Gasteiger partial charge in [-0.25, -0.2) is 9.13 Å². The number of esters is 4. The van der Waals surface area contributed by atoms with Crippen molar-refractivity contribution in [3.63, 3.8) is 0 Å². The summed E-state index contributed by atoms with van der Waals surface area (Å²) < 4.78 is 68.4. The summed E-state index contributed by atoms with van der Waals surface area (Å²) in [5.41, 5.74) is 0. The number of carbonyl (C=O) groups excluding carboxylic acids is 4. The van der Waals surface area contributed by atoms with Crippen molar-refractivity contribution in [2.45, 2.75) is 387 Å². The Morgan fingerprint density at radius 3 is 0.747 bits per heavy atom. The van der Waals surface area contributed by atoms with Gasteiger partial charge in [-0.05, 0) is 37.5 Å². The van der Waals surface area contributed by atoms with Crippen molar-refractivity contribution in [1.29, 1.82) is 0 Å². The molecule has 0 radical (unpaired) electrons. The maximum absolute atomic E-state index is 13.0. The molecule has 3 N–H and O–H groups in total. The lowest BCUT2D eigenvalue weighted by molar-refractivity contribution is -0.161. The van der Waals surface area contributed by atoms with Gasteiger partial charge in [0.2, 0.25) is 0 Å². The quantitative estimate of drug-likeness (QED) is 0.0222. The number of hydrogen-bond acceptors (Lipinski definition) is 15. The summed E-state index contributed by atoms with van der Waals surface area (Å²) in [4.78, 5) is 72.6. The monoisotopic (exact) mass is 1340 g/mol. The molecule has 540 valence electrons. The first-order valence-electron chi connectivity index (χ1n) is 37.5. The van der Waals surface area contributed by atoms with Crippen molar-refractivity contribution >= 4 is 39.5 Å². The van der Waals surface area contributed by atoms with Crippen molar-refractivity contribution < 1.29 is 80.2 Å². The van der Waals surface area contributed by atoms with Crippen LogP contribution >= 0.6 is 15.6 Å². The van der Waals surface area contributed by atoms with Gasteiger partial charge in [0.1, 0.15) is 19.3 Å². The SMILES string of the molecule is CCCCCCCCCCCCCCCC(=O)O[C@H](COC(=O)CCCCCCCCCCCC)COP(=O)(O)OC[C@H](O)COP(=O)(O)OC[C@@H](COC(=O)CCCCCCCCCCCCC(C)C)OC(=O)CCCCCCCCCCCCCCC(C)C. The first-order valence-corrected chi connectivity index (χ1v) is 40.5. The van der Waals surface area contributed by atoms with Crippen LogP contribution in [0.15, 0.2) is 0 Å². The lowest BCUT2D eigenvalue weighted by atomic mass is 10.0. The Morgan fingerprint density at radius 1 is 0.297 bits per heavy atom. The summed E-state index contributed by atoms with van der Waals surface area (Å²) in [6.07, 6.45) is 49.8. The van der Waals surface area contributed by atoms with E-state index in [4.69, 9.17) is 37.0 Å². The average Bonchev–Trinajstić information content (AvgIpc) is 3.72. The molecule has 0 saturated carbocycles. The second kappa shape index (κ2) is 64.1. The molecule has 0 amide bonds. The van der Waals surface area contributed by atoms with Crippen LogP contribution in [0.25, 0.3) is 0 Å². The first-order chi connectivity index (χ1) is 43.9. The molecular formula is C72H140O17P2. The minimum Gasteiger partial charge on any atom is -0.462 e. The largest absolute Gasteiger partial charge is 0.472 e. The van der Waals surface area contributed by atoms with E-state index in [1.807, 2.05) is 0 Å². The van der Waals surface area contributed by atoms with Crippen LogP contribution in [-0.2, 0) is 65.4 Å². The zero-order valence-corrected chi connectivity index (χ0v) is 60.9. The van der Waals surface area contributed by atoms with E-state index < -0.39 is 97.5 Å². The lowest BCUT2D eigenvalue weighted by Crippen LogP contribution is -2.30. The van der Waals surface area contributed by atoms with Crippen LogP contribution in [0, 0.1) is 11.8 Å². The molecule has 0 aliphatic heterocycles. The summed E-state index contributed by atoms with van der Waals surface area (Å²) in [6, 6.07) is 0. The van der Waals surface area contributed by atoms with Gasteiger partial charge in [0, 0.05) is 25.7 Å². The number of aliphatic hydroxyl groups is 1. The van der Waals surface area contributed by atoms with E-state index in [1.54, 1.807) is 0 Å². The highest BCUT2D eigenvalue weighted by atomic mass is 31.2. The van der Waals surface area contributed by atoms with Crippen molar-refractivity contribution in [2.24, 2.45) is 11.8 Å². The van der Waals surface area contributed by atoms with Crippen LogP contribution in [-0.4, -0.2) is 96.7 Å². The third-order valence-electron chi connectivity index (χ3n) is 16.7. The zero-order chi connectivity index (χ0) is 67.2. The number of phosphoric ester groups is 2. The number of aliphatic hydroxyl groups excluding tert-OH is 1. The van der Waals surface area contributed by atoms with Gasteiger partial charge < -0.3 is 33.8 Å². The Bertz CT molecular complexity index is 1770. The minimum absolute atomic E-state index is 0.107. The molecule has 0 heterocycles. The van der Waals surface area contributed by atoms with Crippen LogP contribution in [0.4, 0.5) is 0 Å². The molecular weight excluding hydrogens is 1200 g/mol. The molecule has 0 aromatic carbocycles. The fourth-order valence-corrected chi connectivity index (χ4v) is 12.5. The Morgan fingerprint density at radius 2 is 0.505 bits per heavy atom. The lowest BCUT2D eigenvalue weighted by Gasteiger charge is -2.21. The summed E-state index contributed by atoms with van der Waals surface area (Å²) in [5.74, 6) is -0.584. The second-order valence-electron chi connectivity index (χ2n) is 26.9. The number of ether oxygens (including phenoxy) is 4. The van der Waals surface area contributed by atoms with E-state index in [9.17, 15) is 43.2 Å². The normalized spacial score (nSPS) is 14.1. The number of hydrogen-bond donors (Lipinski definition) is 3. The van der Waals surface area contributed by atoms with Gasteiger partial charge in [-0.1, -0.05) is 318 Å². The van der Waals surface area contributed by atoms with Gasteiger partial charge in [-0.15, -0.1) is 0 Å². The molecule has 0 aliphatic rings. The van der Waals surface area contributed by atoms with E-state index in [0.29, 0.717) is 25.7 Å². The van der Waals surface area contributed by atoms with Gasteiger partial charge >= 0.3 is 39.5 Å². The molecule has 2 unspecified atom stereocenters. The predicted molar refractivity (Wildman–Crippen MR) is 368 cm³/mol. The van der Waals surface area contributed by atoms with E-state index in [2.05, 4.69) is 41.5 Å². The third kappa shape index (κ3) is 66.5. The molecule has 0 spiro atoms. The molecule has 0 saturated heterocycles. The van der Waals surface area contributed by atoms with Crippen LogP contribution in [0.3, 0.4) is 0 Å². The fraction of sp³-hybridized carbons (Fsp3) is 0.944. The van der Waals surface area contributed by atoms with E-state index in [-0.39, 0.29) is 25.7 Å². The Labute approximate surface area is 556 Å². The van der Waals surface area contributed by atoms with Crippen LogP contribution in [0.1, 0.15) is 369 Å². The highest BCUT2D eigenvalue weighted by molar-refractivity contribution is 7.47. The summed E-state index contributed by atoms with van der Waals surface area (Å²) in [7, 11) is -9.90. The topological polar surface area (TPSA) is 237 Å². The van der Waals surface area contributed by atoms with Gasteiger partial charge in [-0.3, -0.25) is 37.3 Å². The number of phosphoric acid groups is 2. The summed E-state index contributed by atoms with van der Waals surface area (Å²) >= 11 is 0. The molecule has 5 atom stereocenters. The number of unbranched alkanes of at least 4 members (excludes halogenated alkanes) is 41. The van der Waals surface area contributed by atoms with Crippen LogP contribution in [0.5, 0.6) is 0 Å². The van der Waals surface area contributed by atoms with E-state index in [1.165, 1.54) is 186 Å².